The van der Waals surface area contributed by atoms with E-state index in [1.807, 2.05) is 6.07 Å². The SMILES string of the molecule is Cc1c(C#N)oc2c1C(=O)C(=O)c1ccccc1-2. The summed E-state index contributed by atoms with van der Waals surface area (Å²) in [5.41, 5.74) is 1.55. The molecule has 1 aromatic heterocycles. The Labute approximate surface area is 102 Å². The maximum atomic E-state index is 12.0. The highest BCUT2D eigenvalue weighted by Crippen LogP contribution is 2.37. The topological polar surface area (TPSA) is 71.1 Å². The molecule has 1 aromatic carbocycles. The first-order valence-electron chi connectivity index (χ1n) is 5.37. The van der Waals surface area contributed by atoms with Crippen molar-refractivity contribution in [1.82, 2.24) is 0 Å². The van der Waals surface area contributed by atoms with Gasteiger partial charge in [-0.2, -0.15) is 5.26 Å². The molecule has 4 nitrogen and oxygen atoms in total. The summed E-state index contributed by atoms with van der Waals surface area (Å²) in [5, 5.41) is 8.93. The second kappa shape index (κ2) is 3.41. The smallest absolute Gasteiger partial charge is 0.237 e. The molecule has 4 heteroatoms. The number of carbonyl (C=O) groups is 2. The van der Waals surface area contributed by atoms with Gasteiger partial charge in [-0.1, -0.05) is 24.3 Å². The molecule has 0 saturated carbocycles. The van der Waals surface area contributed by atoms with Crippen molar-refractivity contribution < 1.29 is 14.0 Å². The van der Waals surface area contributed by atoms with Crippen LogP contribution in [0.4, 0.5) is 0 Å². The second-order valence-electron chi connectivity index (χ2n) is 4.08. The number of hydrogen-bond donors (Lipinski definition) is 0. The third-order valence-electron chi connectivity index (χ3n) is 3.10. The van der Waals surface area contributed by atoms with Crippen LogP contribution in [0.2, 0.25) is 0 Å². The summed E-state index contributed by atoms with van der Waals surface area (Å²) in [4.78, 5) is 24.0. The van der Waals surface area contributed by atoms with E-state index < -0.39 is 11.6 Å². The molecule has 2 aromatic rings. The Morgan fingerprint density at radius 2 is 1.78 bits per heavy atom. The predicted molar refractivity (Wildman–Crippen MR) is 62.3 cm³/mol. The zero-order chi connectivity index (χ0) is 12.9. The summed E-state index contributed by atoms with van der Waals surface area (Å²) >= 11 is 0. The van der Waals surface area contributed by atoms with Gasteiger partial charge in [0.05, 0.1) is 5.56 Å². The average Bonchev–Trinajstić information content (AvgIpc) is 2.73. The van der Waals surface area contributed by atoms with Crippen LogP contribution in [0.1, 0.15) is 32.0 Å². The first kappa shape index (κ1) is 10.5. The Balaban J connectivity index is 2.44. The predicted octanol–water partition coefficient (Wildman–Crippen LogP) is 2.51. The molecule has 0 aliphatic heterocycles. The number of nitrogens with zero attached hydrogens (tertiary/aromatic N) is 1. The molecule has 86 valence electrons. The molecular formula is C14H7NO3. The molecule has 0 bridgehead atoms. The van der Waals surface area contributed by atoms with E-state index in [9.17, 15) is 9.59 Å². The van der Waals surface area contributed by atoms with E-state index in [2.05, 4.69) is 0 Å². The van der Waals surface area contributed by atoms with Gasteiger partial charge in [-0.3, -0.25) is 9.59 Å². The Hall–Kier alpha value is -2.67. The molecule has 0 atom stereocenters. The van der Waals surface area contributed by atoms with Gasteiger partial charge >= 0.3 is 0 Å². The molecule has 0 saturated heterocycles. The zero-order valence-electron chi connectivity index (χ0n) is 9.48. The molecule has 1 aliphatic rings. The first-order chi connectivity index (χ1) is 8.65. The van der Waals surface area contributed by atoms with E-state index in [1.165, 1.54) is 0 Å². The van der Waals surface area contributed by atoms with Gasteiger partial charge in [0.25, 0.3) is 0 Å². The minimum Gasteiger partial charge on any atom is -0.444 e. The number of rotatable bonds is 0. The molecule has 1 heterocycles. The van der Waals surface area contributed by atoms with Crippen molar-refractivity contribution in [1.29, 1.82) is 5.26 Å². The Bertz CT molecular complexity index is 747. The van der Waals surface area contributed by atoms with Crippen LogP contribution in [0.15, 0.2) is 28.7 Å². The van der Waals surface area contributed by atoms with E-state index in [4.69, 9.17) is 9.68 Å². The Morgan fingerprint density at radius 3 is 2.44 bits per heavy atom. The van der Waals surface area contributed by atoms with Crippen molar-refractivity contribution in [2.75, 3.05) is 0 Å². The maximum absolute atomic E-state index is 12.0. The summed E-state index contributed by atoms with van der Waals surface area (Å²) in [6.07, 6.45) is 0. The van der Waals surface area contributed by atoms with Crippen molar-refractivity contribution in [3.63, 3.8) is 0 Å². The Kier molecular flexibility index (Phi) is 1.99. The fraction of sp³-hybridized carbons (Fsp3) is 0.0714. The first-order valence-corrected chi connectivity index (χ1v) is 5.37. The van der Waals surface area contributed by atoms with Gasteiger partial charge in [0, 0.05) is 16.7 Å². The summed E-state index contributed by atoms with van der Waals surface area (Å²) in [6.45, 7) is 1.61. The van der Waals surface area contributed by atoms with E-state index in [0.29, 0.717) is 22.5 Å². The molecule has 0 radical (unpaired) electrons. The molecule has 0 unspecified atom stereocenters. The molecule has 18 heavy (non-hydrogen) atoms. The molecule has 0 N–H and O–H groups in total. The number of hydrogen-bond acceptors (Lipinski definition) is 4. The summed E-state index contributed by atoms with van der Waals surface area (Å²) in [5.74, 6) is -0.750. The van der Waals surface area contributed by atoms with Crippen LogP contribution in [0.25, 0.3) is 11.3 Å². The third-order valence-corrected chi connectivity index (χ3v) is 3.10. The van der Waals surface area contributed by atoms with Crippen LogP contribution < -0.4 is 0 Å². The Morgan fingerprint density at radius 1 is 1.11 bits per heavy atom. The number of carbonyl (C=O) groups excluding carboxylic acids is 2. The number of nitriles is 1. The summed E-state index contributed by atoms with van der Waals surface area (Å²) in [7, 11) is 0. The lowest BCUT2D eigenvalue weighted by Crippen LogP contribution is -2.20. The van der Waals surface area contributed by atoms with Crippen LogP contribution in [0.5, 0.6) is 0 Å². The van der Waals surface area contributed by atoms with Gasteiger partial charge in [0.1, 0.15) is 11.8 Å². The minimum absolute atomic E-state index is 0.0813. The van der Waals surface area contributed by atoms with Gasteiger partial charge in [-0.05, 0) is 6.92 Å². The van der Waals surface area contributed by atoms with Crippen molar-refractivity contribution in [3.8, 4) is 17.4 Å². The monoisotopic (exact) mass is 237 g/mol. The molecule has 0 fully saturated rings. The molecular weight excluding hydrogens is 230 g/mol. The van der Waals surface area contributed by atoms with Crippen LogP contribution in [-0.2, 0) is 0 Å². The van der Waals surface area contributed by atoms with Gasteiger partial charge in [-0.25, -0.2) is 0 Å². The molecule has 0 spiro atoms. The van der Waals surface area contributed by atoms with Crippen molar-refractivity contribution in [2.24, 2.45) is 0 Å². The van der Waals surface area contributed by atoms with Crippen molar-refractivity contribution >= 4 is 11.6 Å². The van der Waals surface area contributed by atoms with E-state index >= 15 is 0 Å². The molecule has 0 amide bonds. The standard InChI is InChI=1S/C14H7NO3/c1-7-10(6-15)18-14-9-5-3-2-4-8(9)12(16)13(17)11(7)14/h2-5H,1H3. The van der Waals surface area contributed by atoms with E-state index in [0.717, 1.165) is 0 Å². The van der Waals surface area contributed by atoms with Crippen molar-refractivity contribution in [2.45, 2.75) is 6.92 Å². The fourth-order valence-corrected chi connectivity index (χ4v) is 2.20. The lowest BCUT2D eigenvalue weighted by Gasteiger charge is -2.12. The normalized spacial score (nSPS) is 12.9. The summed E-state index contributed by atoms with van der Waals surface area (Å²) < 4.78 is 5.40. The number of Topliss-reactive ketones (excluding diaryl/α,β-unsaturated/α-hetero) is 2. The van der Waals surface area contributed by atoms with Crippen molar-refractivity contribution in [3.05, 3.63) is 46.7 Å². The lowest BCUT2D eigenvalue weighted by molar-refractivity contribution is 0.0814. The van der Waals surface area contributed by atoms with Gasteiger partial charge in [-0.15, -0.1) is 0 Å². The average molecular weight is 237 g/mol. The van der Waals surface area contributed by atoms with Crippen LogP contribution in [0, 0.1) is 18.3 Å². The van der Waals surface area contributed by atoms with E-state index in [1.54, 1.807) is 31.2 Å². The van der Waals surface area contributed by atoms with Gasteiger partial charge < -0.3 is 4.42 Å². The quantitative estimate of drug-likeness (QED) is 0.660. The van der Waals surface area contributed by atoms with E-state index in [-0.39, 0.29) is 11.3 Å². The molecule has 1 aliphatic carbocycles. The fourth-order valence-electron chi connectivity index (χ4n) is 2.20. The second-order valence-corrected chi connectivity index (χ2v) is 4.08. The molecule has 3 rings (SSSR count). The third kappa shape index (κ3) is 1.13. The number of benzene rings is 1. The summed E-state index contributed by atoms with van der Waals surface area (Å²) in [6, 6.07) is 8.64. The van der Waals surface area contributed by atoms with Crippen LogP contribution in [0.3, 0.4) is 0 Å². The van der Waals surface area contributed by atoms with Crippen LogP contribution >= 0.6 is 0 Å². The largest absolute Gasteiger partial charge is 0.444 e. The zero-order valence-corrected chi connectivity index (χ0v) is 9.48. The van der Waals surface area contributed by atoms with Gasteiger partial charge in [0.2, 0.25) is 17.3 Å². The van der Waals surface area contributed by atoms with Crippen LogP contribution in [-0.4, -0.2) is 11.6 Å². The minimum atomic E-state index is -0.605. The maximum Gasteiger partial charge on any atom is 0.237 e. The highest BCUT2D eigenvalue weighted by atomic mass is 16.3. The number of fused-ring (bicyclic) bond motifs is 3. The highest BCUT2D eigenvalue weighted by Gasteiger charge is 2.35. The highest BCUT2D eigenvalue weighted by molar-refractivity contribution is 6.53. The lowest BCUT2D eigenvalue weighted by atomic mass is 9.87. The number of furan rings is 1. The van der Waals surface area contributed by atoms with Gasteiger partial charge in [0.15, 0.2) is 0 Å². The number of ketones is 2.